The summed E-state index contributed by atoms with van der Waals surface area (Å²) in [5, 5.41) is 8.96. The van der Waals surface area contributed by atoms with Gasteiger partial charge in [0.05, 0.1) is 5.56 Å². The van der Waals surface area contributed by atoms with Crippen molar-refractivity contribution in [3.63, 3.8) is 0 Å². The fraction of sp³-hybridized carbons (Fsp3) is 0.364. The Balaban J connectivity index is 2.19. The van der Waals surface area contributed by atoms with Crippen LogP contribution in [-0.2, 0) is 0 Å². The summed E-state index contributed by atoms with van der Waals surface area (Å²) in [7, 11) is 3.89. The number of aromatic nitrogens is 1. The molecule has 0 atom stereocenters. The van der Waals surface area contributed by atoms with Crippen LogP contribution in [0.2, 0.25) is 0 Å². The molecule has 0 saturated carbocycles. The Hall–Kier alpha value is -1.60. The molecule has 1 saturated heterocycles. The molecule has 2 heterocycles. The zero-order valence-electron chi connectivity index (χ0n) is 8.56. The Kier molecular flexibility index (Phi) is 2.84. The lowest BCUT2D eigenvalue weighted by Gasteiger charge is -2.37. The summed E-state index contributed by atoms with van der Waals surface area (Å²) in [6.45, 7) is 3.60. The van der Waals surface area contributed by atoms with Gasteiger partial charge >= 0.3 is 0 Å². The predicted octanol–water partition coefficient (Wildman–Crippen LogP) is 0.867. The quantitative estimate of drug-likeness (QED) is 0.632. The second-order valence-electron chi connectivity index (χ2n) is 3.59. The molecule has 1 aliphatic heterocycles. The average Bonchev–Trinajstić information content (AvgIpc) is 2.30. The molecule has 2 rings (SSSR count). The zero-order chi connectivity index (χ0) is 10.7. The first kappa shape index (κ1) is 9.94. The molecule has 4 nitrogen and oxygen atoms in total. The van der Waals surface area contributed by atoms with Crippen molar-refractivity contribution in [3.8, 4) is 6.07 Å². The third-order valence-corrected chi connectivity index (χ3v) is 2.58. The molecule has 0 aliphatic carbocycles. The Morgan fingerprint density at radius 1 is 1.33 bits per heavy atom. The minimum absolute atomic E-state index is 0.648. The highest BCUT2D eigenvalue weighted by Gasteiger charge is 2.15. The molecule has 1 aromatic rings. The molecule has 0 bridgehead atoms. The van der Waals surface area contributed by atoms with Crippen molar-refractivity contribution < 1.29 is 0 Å². The largest absolute Gasteiger partial charge is 0.456 e. The van der Waals surface area contributed by atoms with Gasteiger partial charge in [-0.05, 0) is 25.2 Å². The van der Waals surface area contributed by atoms with Gasteiger partial charge < -0.3 is 9.80 Å². The first-order chi connectivity index (χ1) is 7.31. The van der Waals surface area contributed by atoms with E-state index in [9.17, 15) is 0 Å². The van der Waals surface area contributed by atoms with E-state index in [2.05, 4.69) is 23.0 Å². The van der Waals surface area contributed by atoms with Gasteiger partial charge in [-0.3, -0.25) is 7.05 Å². The van der Waals surface area contributed by atoms with Crippen LogP contribution in [0.5, 0.6) is 0 Å². The predicted molar refractivity (Wildman–Crippen MR) is 58.1 cm³/mol. The lowest BCUT2D eigenvalue weighted by Crippen LogP contribution is -2.44. The third-order valence-electron chi connectivity index (χ3n) is 2.58. The van der Waals surface area contributed by atoms with E-state index in [1.807, 2.05) is 4.90 Å². The minimum atomic E-state index is 0.648. The van der Waals surface area contributed by atoms with Gasteiger partial charge in [-0.25, -0.2) is 4.98 Å². The van der Waals surface area contributed by atoms with Gasteiger partial charge in [0.25, 0.3) is 0 Å². The highest BCUT2D eigenvalue weighted by atomic mass is 15.3. The normalized spacial score (nSPS) is 17.5. The molecular weight excluding hydrogens is 188 g/mol. The maximum absolute atomic E-state index is 8.96. The maximum atomic E-state index is 8.96. The SMILES string of the molecule is [CH2-]N1CCN(c2ncccc2C#N)CC1. The molecule has 0 spiro atoms. The average molecular weight is 201 g/mol. The fourth-order valence-corrected chi connectivity index (χ4v) is 1.70. The van der Waals surface area contributed by atoms with E-state index in [-0.39, 0.29) is 0 Å². The maximum Gasteiger partial charge on any atom is 0.146 e. The number of hydrogen-bond donors (Lipinski definition) is 0. The Bertz CT molecular complexity index is 374. The third kappa shape index (κ3) is 2.08. The van der Waals surface area contributed by atoms with Gasteiger partial charge in [0.2, 0.25) is 0 Å². The summed E-state index contributed by atoms with van der Waals surface area (Å²) < 4.78 is 0. The van der Waals surface area contributed by atoms with Crippen LogP contribution in [0.4, 0.5) is 5.82 Å². The molecule has 1 aromatic heterocycles. The smallest absolute Gasteiger partial charge is 0.146 e. The molecule has 15 heavy (non-hydrogen) atoms. The van der Waals surface area contributed by atoms with Crippen LogP contribution in [-0.4, -0.2) is 36.1 Å². The van der Waals surface area contributed by atoms with Crippen molar-refractivity contribution in [2.45, 2.75) is 0 Å². The van der Waals surface area contributed by atoms with Crippen LogP contribution in [0.15, 0.2) is 18.3 Å². The van der Waals surface area contributed by atoms with Gasteiger partial charge in [0.15, 0.2) is 0 Å². The lowest BCUT2D eigenvalue weighted by atomic mass is 10.2. The molecule has 0 aromatic carbocycles. The van der Waals surface area contributed by atoms with Crippen LogP contribution in [0.3, 0.4) is 0 Å². The van der Waals surface area contributed by atoms with E-state index in [4.69, 9.17) is 5.26 Å². The van der Waals surface area contributed by atoms with Gasteiger partial charge in [0, 0.05) is 19.3 Å². The van der Waals surface area contributed by atoms with Crippen LogP contribution >= 0.6 is 0 Å². The van der Waals surface area contributed by atoms with E-state index in [0.717, 1.165) is 32.0 Å². The van der Waals surface area contributed by atoms with Crippen LogP contribution in [0.1, 0.15) is 5.56 Å². The summed E-state index contributed by atoms with van der Waals surface area (Å²) in [6, 6.07) is 5.77. The second-order valence-corrected chi connectivity index (χ2v) is 3.59. The van der Waals surface area contributed by atoms with Gasteiger partial charge in [-0.15, -0.1) is 0 Å². The van der Waals surface area contributed by atoms with Crippen molar-refractivity contribution in [3.05, 3.63) is 30.9 Å². The summed E-state index contributed by atoms with van der Waals surface area (Å²) >= 11 is 0. The van der Waals surface area contributed by atoms with E-state index >= 15 is 0 Å². The Morgan fingerprint density at radius 2 is 2.07 bits per heavy atom. The first-order valence-electron chi connectivity index (χ1n) is 4.97. The van der Waals surface area contributed by atoms with E-state index in [1.165, 1.54) is 0 Å². The second kappa shape index (κ2) is 4.28. The molecule has 78 valence electrons. The highest BCUT2D eigenvalue weighted by Crippen LogP contribution is 2.17. The van der Waals surface area contributed by atoms with Crippen molar-refractivity contribution in [2.75, 3.05) is 31.1 Å². The summed E-state index contributed by atoms with van der Waals surface area (Å²) in [6.07, 6.45) is 1.73. The molecule has 0 N–H and O–H groups in total. The standard InChI is InChI=1S/C11H13N4/c1-14-5-7-15(8-6-14)11-10(9-12)3-2-4-13-11/h2-4H,1,5-8H2/q-1. The van der Waals surface area contributed by atoms with Crippen molar-refractivity contribution in [1.29, 1.82) is 5.26 Å². The van der Waals surface area contributed by atoms with Gasteiger partial charge in [-0.2, -0.15) is 5.26 Å². The molecule has 0 unspecified atom stereocenters. The number of piperazine rings is 1. The van der Waals surface area contributed by atoms with Crippen LogP contribution in [0, 0.1) is 18.4 Å². The Morgan fingerprint density at radius 3 is 2.73 bits per heavy atom. The molecule has 4 heteroatoms. The van der Waals surface area contributed by atoms with E-state index < -0.39 is 0 Å². The summed E-state index contributed by atoms with van der Waals surface area (Å²) in [5.41, 5.74) is 0.648. The van der Waals surface area contributed by atoms with Gasteiger partial charge in [0.1, 0.15) is 11.9 Å². The lowest BCUT2D eigenvalue weighted by molar-refractivity contribution is 0.343. The highest BCUT2D eigenvalue weighted by molar-refractivity contribution is 5.53. The molecular formula is C11H13N4-. The number of anilines is 1. The number of rotatable bonds is 1. The number of hydrogen-bond acceptors (Lipinski definition) is 4. The van der Waals surface area contributed by atoms with Crippen LogP contribution < -0.4 is 4.90 Å². The van der Waals surface area contributed by atoms with Gasteiger partial charge in [-0.1, -0.05) is 0 Å². The monoisotopic (exact) mass is 201 g/mol. The Labute approximate surface area is 89.7 Å². The van der Waals surface area contributed by atoms with E-state index in [0.29, 0.717) is 5.56 Å². The van der Waals surface area contributed by atoms with Crippen molar-refractivity contribution in [1.82, 2.24) is 9.88 Å². The topological polar surface area (TPSA) is 43.2 Å². The molecule has 0 amide bonds. The zero-order valence-corrected chi connectivity index (χ0v) is 8.56. The van der Waals surface area contributed by atoms with Crippen molar-refractivity contribution in [2.24, 2.45) is 0 Å². The minimum Gasteiger partial charge on any atom is -0.456 e. The first-order valence-corrected chi connectivity index (χ1v) is 4.97. The molecule has 1 fully saturated rings. The number of nitrogens with zero attached hydrogens (tertiary/aromatic N) is 4. The van der Waals surface area contributed by atoms with Crippen molar-refractivity contribution >= 4 is 5.82 Å². The summed E-state index contributed by atoms with van der Waals surface area (Å²) in [5.74, 6) is 0.799. The summed E-state index contributed by atoms with van der Waals surface area (Å²) in [4.78, 5) is 8.44. The fourth-order valence-electron chi connectivity index (χ4n) is 1.70. The number of pyridine rings is 1. The molecule has 0 radical (unpaired) electrons. The molecule has 1 aliphatic rings. The number of nitriles is 1. The van der Waals surface area contributed by atoms with Crippen LogP contribution in [0.25, 0.3) is 0 Å². The van der Waals surface area contributed by atoms with E-state index in [1.54, 1.807) is 18.3 Å².